The summed E-state index contributed by atoms with van der Waals surface area (Å²) >= 11 is 3.43. The van der Waals surface area contributed by atoms with E-state index in [1.165, 1.54) is 0 Å². The minimum Gasteiger partial charge on any atom is -0.484 e. The Morgan fingerprint density at radius 2 is 2.04 bits per heavy atom. The van der Waals surface area contributed by atoms with Crippen molar-refractivity contribution in [3.63, 3.8) is 0 Å². The van der Waals surface area contributed by atoms with Crippen LogP contribution in [-0.2, 0) is 17.8 Å². The predicted octanol–water partition coefficient (Wildman–Crippen LogP) is 3.13. The SMILES string of the molecule is O=C1c2c(cccc2O[C@@H]2COCC[C@H]2O)CN1Cc1ccc(Br)cc1. The Morgan fingerprint density at radius 1 is 1.23 bits per heavy atom. The van der Waals surface area contributed by atoms with Crippen molar-refractivity contribution in [1.29, 1.82) is 0 Å². The molecule has 2 atom stereocenters. The lowest BCUT2D eigenvalue weighted by Gasteiger charge is -2.28. The summed E-state index contributed by atoms with van der Waals surface area (Å²) < 4.78 is 12.4. The van der Waals surface area contributed by atoms with Gasteiger partial charge in [-0.2, -0.15) is 0 Å². The summed E-state index contributed by atoms with van der Waals surface area (Å²) in [6.07, 6.45) is -0.470. The van der Waals surface area contributed by atoms with Gasteiger partial charge in [0.2, 0.25) is 0 Å². The van der Waals surface area contributed by atoms with E-state index in [1.807, 2.05) is 41.3 Å². The third-order valence-corrected chi connectivity index (χ3v) is 5.34. The van der Waals surface area contributed by atoms with Crippen LogP contribution in [0.5, 0.6) is 5.75 Å². The molecule has 5 nitrogen and oxygen atoms in total. The van der Waals surface area contributed by atoms with Crippen LogP contribution in [-0.4, -0.2) is 41.3 Å². The minimum atomic E-state index is -0.574. The summed E-state index contributed by atoms with van der Waals surface area (Å²) in [6, 6.07) is 13.6. The van der Waals surface area contributed by atoms with Crippen LogP contribution < -0.4 is 4.74 Å². The maximum absolute atomic E-state index is 13.0. The van der Waals surface area contributed by atoms with Gasteiger partial charge in [0.05, 0.1) is 18.3 Å². The molecular weight excluding hydrogens is 398 g/mol. The fourth-order valence-corrected chi connectivity index (χ4v) is 3.66. The molecule has 0 saturated carbocycles. The Morgan fingerprint density at radius 3 is 2.81 bits per heavy atom. The second-order valence-corrected chi connectivity index (χ2v) is 7.58. The van der Waals surface area contributed by atoms with Gasteiger partial charge in [0.1, 0.15) is 11.9 Å². The summed E-state index contributed by atoms with van der Waals surface area (Å²) in [4.78, 5) is 14.8. The lowest BCUT2D eigenvalue weighted by Crippen LogP contribution is -2.41. The normalized spacial score (nSPS) is 22.4. The quantitative estimate of drug-likeness (QED) is 0.829. The molecule has 2 aromatic carbocycles. The highest BCUT2D eigenvalue weighted by Crippen LogP contribution is 2.33. The Balaban J connectivity index is 1.53. The van der Waals surface area contributed by atoms with Crippen LogP contribution in [0.15, 0.2) is 46.9 Å². The average Bonchev–Trinajstić information content (AvgIpc) is 2.96. The molecule has 4 rings (SSSR count). The molecule has 0 bridgehead atoms. The number of rotatable bonds is 4. The summed E-state index contributed by atoms with van der Waals surface area (Å²) in [5, 5.41) is 10.1. The first-order chi connectivity index (χ1) is 12.6. The fourth-order valence-electron chi connectivity index (χ4n) is 3.40. The first kappa shape index (κ1) is 17.5. The summed E-state index contributed by atoms with van der Waals surface area (Å²) in [5.74, 6) is 0.491. The predicted molar refractivity (Wildman–Crippen MR) is 100 cm³/mol. The first-order valence-corrected chi connectivity index (χ1v) is 9.49. The molecule has 136 valence electrons. The lowest BCUT2D eigenvalue weighted by atomic mass is 10.1. The Labute approximate surface area is 160 Å². The van der Waals surface area contributed by atoms with E-state index in [4.69, 9.17) is 9.47 Å². The van der Waals surface area contributed by atoms with Crippen molar-refractivity contribution in [3.05, 3.63) is 63.6 Å². The molecule has 1 fully saturated rings. The molecule has 1 amide bonds. The standard InChI is InChI=1S/C20H20BrNO4/c21-15-6-4-13(5-7-15)10-22-11-14-2-1-3-17(19(14)20(22)24)26-18-12-25-9-8-16(18)23/h1-7,16,18,23H,8-12H2/t16-,18-/m1/s1. The number of benzene rings is 2. The maximum Gasteiger partial charge on any atom is 0.258 e. The van der Waals surface area contributed by atoms with E-state index in [2.05, 4.69) is 15.9 Å². The van der Waals surface area contributed by atoms with Gasteiger partial charge in [-0.15, -0.1) is 0 Å². The molecule has 0 radical (unpaired) electrons. The van der Waals surface area contributed by atoms with Crippen molar-refractivity contribution in [3.8, 4) is 5.75 Å². The van der Waals surface area contributed by atoms with Gasteiger partial charge in [0.25, 0.3) is 5.91 Å². The number of aliphatic hydroxyl groups excluding tert-OH is 1. The molecule has 0 spiro atoms. The van der Waals surface area contributed by atoms with E-state index in [1.54, 1.807) is 6.07 Å². The maximum atomic E-state index is 13.0. The van der Waals surface area contributed by atoms with Crippen LogP contribution in [0.25, 0.3) is 0 Å². The van der Waals surface area contributed by atoms with Crippen LogP contribution in [0.4, 0.5) is 0 Å². The van der Waals surface area contributed by atoms with E-state index in [0.717, 1.165) is 15.6 Å². The van der Waals surface area contributed by atoms with Gasteiger partial charge in [-0.1, -0.05) is 40.2 Å². The zero-order valence-electron chi connectivity index (χ0n) is 14.2. The number of hydrogen-bond donors (Lipinski definition) is 1. The fraction of sp³-hybridized carbons (Fsp3) is 0.350. The van der Waals surface area contributed by atoms with E-state index in [9.17, 15) is 9.90 Å². The number of aliphatic hydroxyl groups is 1. The van der Waals surface area contributed by atoms with Crippen molar-refractivity contribution >= 4 is 21.8 Å². The van der Waals surface area contributed by atoms with Gasteiger partial charge in [-0.05, 0) is 29.3 Å². The van der Waals surface area contributed by atoms with Gasteiger partial charge in [-0.3, -0.25) is 4.79 Å². The smallest absolute Gasteiger partial charge is 0.258 e. The van der Waals surface area contributed by atoms with Gasteiger partial charge in [-0.25, -0.2) is 0 Å². The Hall–Kier alpha value is -1.89. The number of fused-ring (bicyclic) bond motifs is 1. The first-order valence-electron chi connectivity index (χ1n) is 8.70. The molecule has 2 aliphatic rings. The second-order valence-electron chi connectivity index (χ2n) is 6.67. The van der Waals surface area contributed by atoms with E-state index in [0.29, 0.717) is 44.0 Å². The lowest BCUT2D eigenvalue weighted by molar-refractivity contribution is -0.0736. The summed E-state index contributed by atoms with van der Waals surface area (Å²) in [7, 11) is 0. The number of halogens is 1. The highest BCUT2D eigenvalue weighted by Gasteiger charge is 2.33. The Kier molecular flexibility index (Phi) is 4.98. The van der Waals surface area contributed by atoms with E-state index in [-0.39, 0.29) is 5.91 Å². The molecule has 0 aliphatic carbocycles. The van der Waals surface area contributed by atoms with Crippen LogP contribution in [0.2, 0.25) is 0 Å². The van der Waals surface area contributed by atoms with E-state index >= 15 is 0 Å². The van der Waals surface area contributed by atoms with E-state index < -0.39 is 12.2 Å². The molecular formula is C20H20BrNO4. The zero-order valence-corrected chi connectivity index (χ0v) is 15.8. The van der Waals surface area contributed by atoms with Crippen LogP contribution in [0.1, 0.15) is 27.9 Å². The third-order valence-electron chi connectivity index (χ3n) is 4.81. The van der Waals surface area contributed by atoms with Crippen molar-refractivity contribution in [2.24, 2.45) is 0 Å². The third kappa shape index (κ3) is 3.49. The topological polar surface area (TPSA) is 59.0 Å². The largest absolute Gasteiger partial charge is 0.484 e. The second kappa shape index (κ2) is 7.39. The molecule has 6 heteroatoms. The number of carbonyl (C=O) groups is 1. The van der Waals surface area contributed by atoms with Gasteiger partial charge < -0.3 is 19.5 Å². The van der Waals surface area contributed by atoms with Crippen LogP contribution in [0, 0.1) is 0 Å². The van der Waals surface area contributed by atoms with Crippen molar-refractivity contribution < 1.29 is 19.4 Å². The number of hydrogen-bond acceptors (Lipinski definition) is 4. The van der Waals surface area contributed by atoms with Crippen LogP contribution >= 0.6 is 15.9 Å². The van der Waals surface area contributed by atoms with Gasteiger partial charge in [0, 0.05) is 30.6 Å². The summed E-state index contributed by atoms with van der Waals surface area (Å²) in [6.45, 7) is 1.98. The molecule has 0 aromatic heterocycles. The summed E-state index contributed by atoms with van der Waals surface area (Å²) in [5.41, 5.74) is 2.63. The molecule has 1 saturated heterocycles. The molecule has 1 N–H and O–H groups in total. The molecule has 0 unspecified atom stereocenters. The van der Waals surface area contributed by atoms with Gasteiger partial charge in [0.15, 0.2) is 0 Å². The molecule has 2 heterocycles. The molecule has 2 aromatic rings. The Bertz CT molecular complexity index is 808. The van der Waals surface area contributed by atoms with Crippen molar-refractivity contribution in [1.82, 2.24) is 4.90 Å². The molecule has 2 aliphatic heterocycles. The van der Waals surface area contributed by atoms with Crippen molar-refractivity contribution in [2.45, 2.75) is 31.7 Å². The number of ether oxygens (including phenoxy) is 2. The van der Waals surface area contributed by atoms with Crippen molar-refractivity contribution in [2.75, 3.05) is 13.2 Å². The minimum absolute atomic E-state index is 0.0373. The monoisotopic (exact) mass is 417 g/mol. The van der Waals surface area contributed by atoms with Crippen LogP contribution in [0.3, 0.4) is 0 Å². The highest BCUT2D eigenvalue weighted by molar-refractivity contribution is 9.10. The number of amides is 1. The number of carbonyl (C=O) groups excluding carboxylic acids is 1. The number of nitrogens with zero attached hydrogens (tertiary/aromatic N) is 1. The highest BCUT2D eigenvalue weighted by atomic mass is 79.9. The van der Waals surface area contributed by atoms with Gasteiger partial charge >= 0.3 is 0 Å². The molecule has 26 heavy (non-hydrogen) atoms. The zero-order chi connectivity index (χ0) is 18.1. The average molecular weight is 418 g/mol.